The number of para-hydroxylation sites is 1. The van der Waals surface area contributed by atoms with Crippen molar-refractivity contribution < 1.29 is 14.3 Å². The fourth-order valence-corrected chi connectivity index (χ4v) is 2.89. The summed E-state index contributed by atoms with van der Waals surface area (Å²) in [6.07, 6.45) is 2.64. The average Bonchev–Trinajstić information content (AvgIpc) is 3.10. The van der Waals surface area contributed by atoms with Crippen LogP contribution in [0.5, 0.6) is 11.5 Å². The minimum Gasteiger partial charge on any atom is -0.493 e. The summed E-state index contributed by atoms with van der Waals surface area (Å²) in [6.45, 7) is 0.461. The number of H-pyrrole nitrogens is 1. The largest absolute Gasteiger partial charge is 0.493 e. The number of hydrogen-bond acceptors (Lipinski definition) is 4. The topological polar surface area (TPSA) is 99.2 Å². The highest BCUT2D eigenvalue weighted by Gasteiger charge is 2.13. The van der Waals surface area contributed by atoms with Crippen LogP contribution in [0.2, 0.25) is 0 Å². The van der Waals surface area contributed by atoms with Gasteiger partial charge >= 0.3 is 6.03 Å². The van der Waals surface area contributed by atoms with Crippen LogP contribution in [0.1, 0.15) is 11.1 Å². The zero-order chi connectivity index (χ0) is 19.2. The van der Waals surface area contributed by atoms with Gasteiger partial charge in [0.05, 0.1) is 25.5 Å². The van der Waals surface area contributed by atoms with Crippen molar-refractivity contribution in [3.8, 4) is 17.6 Å². The van der Waals surface area contributed by atoms with Crippen LogP contribution in [0.4, 0.5) is 10.5 Å². The number of aromatic amines is 1. The maximum Gasteiger partial charge on any atom is 0.319 e. The number of ether oxygens (including phenoxy) is 2. The van der Waals surface area contributed by atoms with E-state index in [1.807, 2.05) is 36.5 Å². The Kier molecular flexibility index (Phi) is 5.47. The van der Waals surface area contributed by atoms with E-state index in [0.29, 0.717) is 35.7 Å². The Morgan fingerprint density at radius 2 is 1.93 bits per heavy atom. The number of methoxy groups -OCH3 is 2. The molecule has 1 aromatic heterocycles. The van der Waals surface area contributed by atoms with Crippen LogP contribution in [0.15, 0.2) is 42.6 Å². The quantitative estimate of drug-likeness (QED) is 0.624. The number of urea groups is 1. The molecule has 27 heavy (non-hydrogen) atoms. The fraction of sp³-hybridized carbons (Fsp3) is 0.200. The Morgan fingerprint density at radius 1 is 1.19 bits per heavy atom. The highest BCUT2D eigenvalue weighted by molar-refractivity contribution is 5.91. The van der Waals surface area contributed by atoms with Gasteiger partial charge in [-0.15, -0.1) is 0 Å². The number of carbonyl (C=O) groups is 1. The molecule has 0 bridgehead atoms. The van der Waals surface area contributed by atoms with Crippen LogP contribution in [-0.4, -0.2) is 31.8 Å². The summed E-state index contributed by atoms with van der Waals surface area (Å²) in [5, 5.41) is 15.9. The highest BCUT2D eigenvalue weighted by atomic mass is 16.5. The standard InChI is InChI=1S/C20H20N4O3/c1-26-18-9-14(11-21)17(10-19(18)27-2)24-20(25)22-8-7-13-12-23-16-6-4-3-5-15(13)16/h3-6,9-10,12,23H,7-8H2,1-2H3,(H2,22,24,25). The van der Waals surface area contributed by atoms with Crippen molar-refractivity contribution in [1.29, 1.82) is 5.26 Å². The molecule has 0 unspecified atom stereocenters. The summed E-state index contributed by atoms with van der Waals surface area (Å²) in [5.74, 6) is 0.866. The number of nitrogens with one attached hydrogen (secondary N) is 3. The maximum atomic E-state index is 12.2. The van der Waals surface area contributed by atoms with Crippen molar-refractivity contribution in [2.45, 2.75) is 6.42 Å². The lowest BCUT2D eigenvalue weighted by Gasteiger charge is -2.13. The number of nitriles is 1. The van der Waals surface area contributed by atoms with Gasteiger partial charge in [0.1, 0.15) is 6.07 Å². The Hall–Kier alpha value is -3.66. The van der Waals surface area contributed by atoms with Gasteiger partial charge < -0.3 is 25.1 Å². The first-order valence-electron chi connectivity index (χ1n) is 8.42. The van der Waals surface area contributed by atoms with Crippen molar-refractivity contribution in [2.75, 3.05) is 26.1 Å². The van der Waals surface area contributed by atoms with E-state index in [2.05, 4.69) is 15.6 Å². The van der Waals surface area contributed by atoms with Crippen LogP contribution < -0.4 is 20.1 Å². The van der Waals surface area contributed by atoms with Crippen LogP contribution in [0.25, 0.3) is 10.9 Å². The summed E-state index contributed by atoms with van der Waals surface area (Å²) in [7, 11) is 2.98. The van der Waals surface area contributed by atoms with Crippen LogP contribution in [0.3, 0.4) is 0 Å². The van der Waals surface area contributed by atoms with Crippen molar-refractivity contribution in [1.82, 2.24) is 10.3 Å². The molecular weight excluding hydrogens is 344 g/mol. The third-order valence-electron chi connectivity index (χ3n) is 4.25. The SMILES string of the molecule is COc1cc(C#N)c(NC(=O)NCCc2c[nH]c3ccccc23)cc1OC. The predicted octanol–water partition coefficient (Wildman–Crippen LogP) is 3.42. The molecule has 0 spiro atoms. The number of aromatic nitrogens is 1. The molecule has 3 N–H and O–H groups in total. The Balaban J connectivity index is 1.63. The molecule has 7 nitrogen and oxygen atoms in total. The van der Waals surface area contributed by atoms with Gasteiger partial charge in [0.2, 0.25) is 0 Å². The molecule has 0 radical (unpaired) electrons. The first-order valence-corrected chi connectivity index (χ1v) is 8.42. The number of nitrogens with zero attached hydrogens (tertiary/aromatic N) is 1. The molecule has 0 saturated heterocycles. The van der Waals surface area contributed by atoms with E-state index >= 15 is 0 Å². The average molecular weight is 364 g/mol. The number of carbonyl (C=O) groups excluding carboxylic acids is 1. The van der Waals surface area contributed by atoms with Crippen molar-refractivity contribution >= 4 is 22.6 Å². The minimum absolute atomic E-state index is 0.291. The van der Waals surface area contributed by atoms with Gasteiger partial charge in [-0.25, -0.2) is 4.79 Å². The highest BCUT2D eigenvalue weighted by Crippen LogP contribution is 2.32. The van der Waals surface area contributed by atoms with E-state index in [-0.39, 0.29) is 0 Å². The van der Waals surface area contributed by atoms with E-state index in [4.69, 9.17) is 9.47 Å². The molecular formula is C20H20N4O3. The van der Waals surface area contributed by atoms with Crippen LogP contribution >= 0.6 is 0 Å². The van der Waals surface area contributed by atoms with Crippen LogP contribution in [-0.2, 0) is 6.42 Å². The molecule has 3 aromatic rings. The van der Waals surface area contributed by atoms with Gasteiger partial charge in [-0.3, -0.25) is 0 Å². The first-order chi connectivity index (χ1) is 13.2. The second kappa shape index (κ2) is 8.15. The van der Waals surface area contributed by atoms with Gasteiger partial charge in [0.25, 0.3) is 0 Å². The molecule has 2 amide bonds. The van der Waals surface area contributed by atoms with Gasteiger partial charge in [0.15, 0.2) is 11.5 Å². The van der Waals surface area contributed by atoms with Crippen LogP contribution in [0, 0.1) is 11.3 Å². The van der Waals surface area contributed by atoms with E-state index in [0.717, 1.165) is 16.5 Å². The Labute approximate surface area is 156 Å². The number of amides is 2. The monoisotopic (exact) mass is 364 g/mol. The lowest BCUT2D eigenvalue weighted by atomic mass is 10.1. The molecule has 0 aliphatic rings. The number of anilines is 1. The van der Waals surface area contributed by atoms with Gasteiger partial charge in [0, 0.05) is 35.8 Å². The summed E-state index contributed by atoms with van der Waals surface area (Å²) < 4.78 is 10.4. The van der Waals surface area contributed by atoms with Gasteiger partial charge in [-0.05, 0) is 18.1 Å². The lowest BCUT2D eigenvalue weighted by Crippen LogP contribution is -2.30. The van der Waals surface area contributed by atoms with E-state index in [9.17, 15) is 10.1 Å². The molecule has 7 heteroatoms. The molecule has 2 aromatic carbocycles. The van der Waals surface area contributed by atoms with Crippen molar-refractivity contribution in [3.63, 3.8) is 0 Å². The Bertz CT molecular complexity index is 1000. The van der Waals surface area contributed by atoms with Gasteiger partial charge in [-0.1, -0.05) is 18.2 Å². The summed E-state index contributed by atoms with van der Waals surface area (Å²) in [5.41, 5.74) is 2.86. The number of fused-ring (bicyclic) bond motifs is 1. The molecule has 0 atom stereocenters. The zero-order valence-electron chi connectivity index (χ0n) is 15.1. The van der Waals surface area contributed by atoms with E-state index in [1.54, 1.807) is 6.07 Å². The molecule has 3 rings (SSSR count). The fourth-order valence-electron chi connectivity index (χ4n) is 2.89. The van der Waals surface area contributed by atoms with Crippen molar-refractivity contribution in [2.24, 2.45) is 0 Å². The molecule has 1 heterocycles. The van der Waals surface area contributed by atoms with E-state index in [1.165, 1.54) is 20.3 Å². The predicted molar refractivity (Wildman–Crippen MR) is 103 cm³/mol. The lowest BCUT2D eigenvalue weighted by molar-refractivity contribution is 0.252. The number of rotatable bonds is 6. The number of benzene rings is 2. The zero-order valence-corrected chi connectivity index (χ0v) is 15.1. The third-order valence-corrected chi connectivity index (χ3v) is 4.25. The molecule has 0 saturated carbocycles. The molecule has 0 aliphatic carbocycles. The Morgan fingerprint density at radius 3 is 2.67 bits per heavy atom. The maximum absolute atomic E-state index is 12.2. The molecule has 138 valence electrons. The second-order valence-corrected chi connectivity index (χ2v) is 5.85. The minimum atomic E-state index is -0.390. The first kappa shape index (κ1) is 18.1. The summed E-state index contributed by atoms with van der Waals surface area (Å²) in [4.78, 5) is 15.4. The normalized spacial score (nSPS) is 10.3. The summed E-state index contributed by atoms with van der Waals surface area (Å²) >= 11 is 0. The third kappa shape index (κ3) is 3.96. The summed E-state index contributed by atoms with van der Waals surface area (Å²) in [6, 6.07) is 12.8. The van der Waals surface area contributed by atoms with Crippen molar-refractivity contribution in [3.05, 3.63) is 53.7 Å². The van der Waals surface area contributed by atoms with E-state index < -0.39 is 6.03 Å². The number of hydrogen-bond donors (Lipinski definition) is 3. The smallest absolute Gasteiger partial charge is 0.319 e. The molecule has 0 fully saturated rings. The molecule has 0 aliphatic heterocycles. The second-order valence-electron chi connectivity index (χ2n) is 5.85. The van der Waals surface area contributed by atoms with Gasteiger partial charge in [-0.2, -0.15) is 5.26 Å².